The highest BCUT2D eigenvalue weighted by molar-refractivity contribution is 5.84. The van der Waals surface area contributed by atoms with Gasteiger partial charge >= 0.3 is 0 Å². The summed E-state index contributed by atoms with van der Waals surface area (Å²) >= 11 is 0. The number of carbonyl (C=O) groups is 1. The van der Waals surface area contributed by atoms with Crippen LogP contribution in [0.3, 0.4) is 0 Å². The molecule has 0 radical (unpaired) electrons. The average Bonchev–Trinajstić information content (AvgIpc) is 2.30. The number of rotatable bonds is 4. The number of nitrogens with one attached hydrogen (secondary N) is 1. The van der Waals surface area contributed by atoms with Crippen LogP contribution in [0.4, 0.5) is 0 Å². The second kappa shape index (κ2) is 5.89. The van der Waals surface area contributed by atoms with E-state index < -0.39 is 0 Å². The largest absolute Gasteiger partial charge is 0.493 e. The SMILES string of the molecule is COc1cc(C)c(/C=N\NC(C)=O)cc1OC. The van der Waals surface area contributed by atoms with E-state index in [0.717, 1.165) is 11.1 Å². The molecule has 0 aliphatic rings. The van der Waals surface area contributed by atoms with Gasteiger partial charge in [0, 0.05) is 12.5 Å². The molecule has 0 aromatic heterocycles. The van der Waals surface area contributed by atoms with Crippen molar-refractivity contribution < 1.29 is 14.3 Å². The third-order valence-electron chi connectivity index (χ3n) is 2.20. The summed E-state index contributed by atoms with van der Waals surface area (Å²) in [5.74, 6) is 1.09. The maximum Gasteiger partial charge on any atom is 0.236 e. The Balaban J connectivity index is 3.00. The van der Waals surface area contributed by atoms with E-state index in [2.05, 4.69) is 10.5 Å². The minimum atomic E-state index is -0.209. The summed E-state index contributed by atoms with van der Waals surface area (Å²) in [5.41, 5.74) is 4.19. The molecule has 0 atom stereocenters. The van der Waals surface area contributed by atoms with E-state index in [9.17, 15) is 4.79 Å². The number of hydrogen-bond donors (Lipinski definition) is 1. The van der Waals surface area contributed by atoms with Crippen LogP contribution in [0.15, 0.2) is 17.2 Å². The van der Waals surface area contributed by atoms with Crippen molar-refractivity contribution in [3.05, 3.63) is 23.3 Å². The molecule has 1 aromatic carbocycles. The summed E-state index contributed by atoms with van der Waals surface area (Å²) < 4.78 is 10.4. The molecule has 1 rings (SSSR count). The van der Waals surface area contributed by atoms with Crippen LogP contribution in [0.25, 0.3) is 0 Å². The lowest BCUT2D eigenvalue weighted by Gasteiger charge is -2.10. The summed E-state index contributed by atoms with van der Waals surface area (Å²) in [4.78, 5) is 10.7. The number of ether oxygens (including phenoxy) is 2. The Bertz CT molecular complexity index is 442. The van der Waals surface area contributed by atoms with E-state index in [0.29, 0.717) is 11.5 Å². The zero-order valence-corrected chi connectivity index (χ0v) is 10.4. The van der Waals surface area contributed by atoms with Crippen LogP contribution in [0.5, 0.6) is 11.5 Å². The third kappa shape index (κ3) is 3.48. The molecule has 0 aliphatic carbocycles. The Morgan fingerprint density at radius 3 is 2.41 bits per heavy atom. The first-order valence-electron chi connectivity index (χ1n) is 5.10. The smallest absolute Gasteiger partial charge is 0.236 e. The van der Waals surface area contributed by atoms with Crippen LogP contribution < -0.4 is 14.9 Å². The molecular weight excluding hydrogens is 220 g/mol. The summed E-state index contributed by atoms with van der Waals surface area (Å²) in [7, 11) is 3.16. The van der Waals surface area contributed by atoms with E-state index in [1.165, 1.54) is 6.92 Å². The van der Waals surface area contributed by atoms with Gasteiger partial charge in [-0.3, -0.25) is 4.79 Å². The number of methoxy groups -OCH3 is 2. The van der Waals surface area contributed by atoms with Crippen molar-refractivity contribution in [1.82, 2.24) is 5.43 Å². The highest BCUT2D eigenvalue weighted by atomic mass is 16.5. The summed E-state index contributed by atoms with van der Waals surface area (Å²) in [6.45, 7) is 3.33. The molecular formula is C12H16N2O3. The van der Waals surface area contributed by atoms with Crippen molar-refractivity contribution in [3.8, 4) is 11.5 Å². The Labute approximate surface area is 100 Å². The van der Waals surface area contributed by atoms with E-state index >= 15 is 0 Å². The lowest BCUT2D eigenvalue weighted by Crippen LogP contribution is -2.12. The van der Waals surface area contributed by atoms with Crippen LogP contribution in [0.2, 0.25) is 0 Å². The van der Waals surface area contributed by atoms with Gasteiger partial charge < -0.3 is 9.47 Å². The van der Waals surface area contributed by atoms with Crippen LogP contribution in [0.1, 0.15) is 18.1 Å². The highest BCUT2D eigenvalue weighted by Crippen LogP contribution is 2.29. The van der Waals surface area contributed by atoms with Crippen molar-refractivity contribution >= 4 is 12.1 Å². The van der Waals surface area contributed by atoms with Gasteiger partial charge in [-0.15, -0.1) is 0 Å². The van der Waals surface area contributed by atoms with Crippen molar-refractivity contribution in [3.63, 3.8) is 0 Å². The van der Waals surface area contributed by atoms with Gasteiger partial charge in [-0.25, -0.2) is 5.43 Å². The lowest BCUT2D eigenvalue weighted by molar-refractivity contribution is -0.118. The fourth-order valence-corrected chi connectivity index (χ4v) is 1.33. The molecule has 17 heavy (non-hydrogen) atoms. The molecule has 0 heterocycles. The fraction of sp³-hybridized carbons (Fsp3) is 0.333. The minimum absolute atomic E-state index is 0.209. The normalized spacial score (nSPS) is 10.4. The molecule has 5 heteroatoms. The summed E-state index contributed by atoms with van der Waals surface area (Å²) in [6, 6.07) is 3.66. The zero-order chi connectivity index (χ0) is 12.8. The first-order valence-corrected chi connectivity index (χ1v) is 5.10. The van der Waals surface area contributed by atoms with Crippen molar-refractivity contribution in [2.45, 2.75) is 13.8 Å². The summed E-state index contributed by atoms with van der Waals surface area (Å²) in [6.07, 6.45) is 1.57. The molecule has 0 saturated carbocycles. The standard InChI is InChI=1S/C12H16N2O3/c1-8-5-11(16-3)12(17-4)6-10(8)7-13-14-9(2)15/h5-7H,1-4H3,(H,14,15)/b13-7-. The van der Waals surface area contributed by atoms with Crippen molar-refractivity contribution in [2.75, 3.05) is 14.2 Å². The molecule has 0 aliphatic heterocycles. The van der Waals surface area contributed by atoms with Crippen LogP contribution in [-0.2, 0) is 4.79 Å². The van der Waals surface area contributed by atoms with Gasteiger partial charge in [0.1, 0.15) is 0 Å². The Morgan fingerprint density at radius 2 is 1.88 bits per heavy atom. The van der Waals surface area contributed by atoms with Gasteiger partial charge in [-0.1, -0.05) is 0 Å². The van der Waals surface area contributed by atoms with Gasteiger partial charge in [0.2, 0.25) is 5.91 Å². The molecule has 0 bridgehead atoms. The van der Waals surface area contributed by atoms with Crippen molar-refractivity contribution in [2.24, 2.45) is 5.10 Å². The zero-order valence-electron chi connectivity index (χ0n) is 10.4. The third-order valence-corrected chi connectivity index (χ3v) is 2.20. The quantitative estimate of drug-likeness (QED) is 0.636. The second-order valence-corrected chi connectivity index (χ2v) is 3.49. The predicted molar refractivity (Wildman–Crippen MR) is 65.7 cm³/mol. The molecule has 1 amide bonds. The Kier molecular flexibility index (Phi) is 4.51. The first-order chi connectivity index (χ1) is 8.08. The number of hydrazone groups is 1. The average molecular weight is 236 g/mol. The molecule has 92 valence electrons. The first kappa shape index (κ1) is 13.0. The fourth-order valence-electron chi connectivity index (χ4n) is 1.33. The second-order valence-electron chi connectivity index (χ2n) is 3.49. The molecule has 1 N–H and O–H groups in total. The number of benzene rings is 1. The van der Waals surface area contributed by atoms with E-state index in [-0.39, 0.29) is 5.91 Å². The van der Waals surface area contributed by atoms with E-state index in [1.807, 2.05) is 13.0 Å². The number of aryl methyl sites for hydroxylation is 1. The van der Waals surface area contributed by atoms with E-state index in [1.54, 1.807) is 26.5 Å². The molecule has 5 nitrogen and oxygen atoms in total. The highest BCUT2D eigenvalue weighted by Gasteiger charge is 2.06. The maximum atomic E-state index is 10.7. The van der Waals surface area contributed by atoms with Gasteiger partial charge in [-0.2, -0.15) is 5.10 Å². The number of amides is 1. The molecule has 1 aromatic rings. The predicted octanol–water partition coefficient (Wildman–Crippen LogP) is 1.48. The Hall–Kier alpha value is -2.04. The number of nitrogens with zero attached hydrogens (tertiary/aromatic N) is 1. The number of carbonyl (C=O) groups excluding carboxylic acids is 1. The van der Waals surface area contributed by atoms with Crippen LogP contribution >= 0.6 is 0 Å². The van der Waals surface area contributed by atoms with Gasteiger partial charge in [-0.05, 0) is 24.6 Å². The molecule has 0 saturated heterocycles. The van der Waals surface area contributed by atoms with Gasteiger partial charge in [0.15, 0.2) is 11.5 Å². The van der Waals surface area contributed by atoms with E-state index in [4.69, 9.17) is 9.47 Å². The molecule has 0 spiro atoms. The van der Waals surface area contributed by atoms with Crippen LogP contribution in [-0.4, -0.2) is 26.3 Å². The maximum absolute atomic E-state index is 10.7. The Morgan fingerprint density at radius 1 is 1.29 bits per heavy atom. The topological polar surface area (TPSA) is 59.9 Å². The van der Waals surface area contributed by atoms with Gasteiger partial charge in [0.05, 0.1) is 20.4 Å². The minimum Gasteiger partial charge on any atom is -0.493 e. The van der Waals surface area contributed by atoms with Crippen LogP contribution in [0, 0.1) is 6.92 Å². The van der Waals surface area contributed by atoms with Crippen molar-refractivity contribution in [1.29, 1.82) is 0 Å². The monoisotopic (exact) mass is 236 g/mol. The lowest BCUT2D eigenvalue weighted by atomic mass is 10.1. The molecule has 0 unspecified atom stereocenters. The number of hydrogen-bond acceptors (Lipinski definition) is 4. The molecule has 0 fully saturated rings. The van der Waals surface area contributed by atoms with Gasteiger partial charge in [0.25, 0.3) is 0 Å². The summed E-state index contributed by atoms with van der Waals surface area (Å²) in [5, 5.41) is 3.81.